The lowest BCUT2D eigenvalue weighted by molar-refractivity contribution is -0.137. The third kappa shape index (κ3) is 5.20. The van der Waals surface area contributed by atoms with Gasteiger partial charge < -0.3 is 10.1 Å². The molecule has 0 saturated carbocycles. The van der Waals surface area contributed by atoms with E-state index < -0.39 is 23.7 Å². The summed E-state index contributed by atoms with van der Waals surface area (Å²) >= 11 is 0. The molecule has 0 radical (unpaired) electrons. The number of carbonyl (C=O) groups excluding carboxylic acids is 1. The molecule has 0 saturated heterocycles. The molecule has 3 rings (SSSR count). The molecule has 0 fully saturated rings. The minimum Gasteiger partial charge on any atom is -0.481 e. The number of methoxy groups -OCH3 is 1. The first kappa shape index (κ1) is 21.8. The summed E-state index contributed by atoms with van der Waals surface area (Å²) in [4.78, 5) is 21.2. The van der Waals surface area contributed by atoms with Crippen LogP contribution in [0.2, 0.25) is 0 Å². The van der Waals surface area contributed by atoms with E-state index in [0.717, 1.165) is 12.1 Å². The number of ether oxygens (including phenoxy) is 1. The Morgan fingerprint density at radius 1 is 1.10 bits per heavy atom. The van der Waals surface area contributed by atoms with Crippen molar-refractivity contribution in [1.29, 1.82) is 0 Å². The lowest BCUT2D eigenvalue weighted by atomic mass is 9.97. The van der Waals surface area contributed by atoms with Crippen molar-refractivity contribution in [2.75, 3.05) is 7.11 Å². The first-order valence-corrected chi connectivity index (χ1v) is 9.19. The van der Waals surface area contributed by atoms with Crippen LogP contribution in [-0.4, -0.2) is 23.0 Å². The maximum atomic E-state index is 13.0. The molecular formula is C23H18F3N3O2. The number of aromatic nitrogens is 2. The molecule has 0 aliphatic carbocycles. The number of nitrogens with one attached hydrogen (secondary N) is 1. The summed E-state index contributed by atoms with van der Waals surface area (Å²) in [6.45, 7) is 1.66. The number of carbonyl (C=O) groups is 1. The summed E-state index contributed by atoms with van der Waals surface area (Å²) in [5.74, 6) is 5.58. The van der Waals surface area contributed by atoms with E-state index in [1.54, 1.807) is 19.1 Å². The second-order valence-corrected chi connectivity index (χ2v) is 6.43. The minimum atomic E-state index is -4.46. The minimum absolute atomic E-state index is 0.261. The average Bonchev–Trinajstić information content (AvgIpc) is 2.78. The number of rotatable bonds is 5. The number of benzene rings is 1. The van der Waals surface area contributed by atoms with E-state index in [1.807, 2.05) is 0 Å². The molecule has 1 aromatic carbocycles. The van der Waals surface area contributed by atoms with Crippen molar-refractivity contribution < 1.29 is 22.7 Å². The predicted octanol–water partition coefficient (Wildman–Crippen LogP) is 4.39. The Morgan fingerprint density at radius 2 is 1.84 bits per heavy atom. The normalized spacial score (nSPS) is 11.8. The van der Waals surface area contributed by atoms with Crippen LogP contribution in [0.5, 0.6) is 5.88 Å². The molecule has 0 aliphatic heterocycles. The van der Waals surface area contributed by atoms with Crippen molar-refractivity contribution in [3.05, 3.63) is 88.9 Å². The van der Waals surface area contributed by atoms with Gasteiger partial charge in [0.05, 0.1) is 30.0 Å². The molecule has 0 bridgehead atoms. The zero-order chi connectivity index (χ0) is 22.4. The molecule has 158 valence electrons. The highest BCUT2D eigenvalue weighted by molar-refractivity contribution is 5.94. The van der Waals surface area contributed by atoms with Gasteiger partial charge in [-0.3, -0.25) is 9.78 Å². The first-order valence-electron chi connectivity index (χ1n) is 9.19. The van der Waals surface area contributed by atoms with Crippen LogP contribution < -0.4 is 10.1 Å². The smallest absolute Gasteiger partial charge is 0.416 e. The molecule has 1 unspecified atom stereocenters. The Kier molecular flexibility index (Phi) is 6.55. The van der Waals surface area contributed by atoms with Gasteiger partial charge in [-0.2, -0.15) is 13.2 Å². The van der Waals surface area contributed by atoms with E-state index in [9.17, 15) is 18.0 Å². The lowest BCUT2D eigenvalue weighted by Gasteiger charge is -2.21. The summed E-state index contributed by atoms with van der Waals surface area (Å²) in [6.07, 6.45) is -1.58. The highest BCUT2D eigenvalue weighted by atomic mass is 19.4. The molecule has 2 heterocycles. The Bertz CT molecular complexity index is 1120. The number of halogens is 3. The molecule has 5 nitrogen and oxygen atoms in total. The molecule has 0 aliphatic rings. The zero-order valence-electron chi connectivity index (χ0n) is 16.7. The van der Waals surface area contributed by atoms with Gasteiger partial charge in [-0.25, -0.2) is 4.98 Å². The van der Waals surface area contributed by atoms with Crippen molar-refractivity contribution in [1.82, 2.24) is 15.3 Å². The number of hydrogen-bond donors (Lipinski definition) is 1. The molecule has 8 heteroatoms. The number of amides is 1. The fourth-order valence-electron chi connectivity index (χ4n) is 2.91. The quantitative estimate of drug-likeness (QED) is 0.616. The Balaban J connectivity index is 2.02. The standard InChI is InChI=1S/C23H18F3N3O2/c1-3-5-15-6-4-13-27-20(15)21(16-7-10-18(11-8-16)23(24,25)26)29-22(30)17-9-12-19(31-2)28-14-17/h4,6-14,21H,1-2H3,(H,29,30). The Labute approximate surface area is 177 Å². The molecule has 3 aromatic rings. The van der Waals surface area contributed by atoms with Crippen molar-refractivity contribution in [3.63, 3.8) is 0 Å². The molecule has 1 atom stereocenters. The van der Waals surface area contributed by atoms with Gasteiger partial charge >= 0.3 is 6.18 Å². The van der Waals surface area contributed by atoms with Crippen LogP contribution in [0.15, 0.2) is 60.9 Å². The average molecular weight is 425 g/mol. The summed E-state index contributed by atoms with van der Waals surface area (Å²) in [7, 11) is 1.46. The van der Waals surface area contributed by atoms with E-state index in [1.165, 1.54) is 43.8 Å². The van der Waals surface area contributed by atoms with Crippen molar-refractivity contribution in [2.24, 2.45) is 0 Å². The Hall–Kier alpha value is -3.86. The molecule has 0 spiro atoms. The van der Waals surface area contributed by atoms with E-state index in [-0.39, 0.29) is 5.56 Å². The van der Waals surface area contributed by atoms with Crippen molar-refractivity contribution in [2.45, 2.75) is 19.1 Å². The van der Waals surface area contributed by atoms with E-state index in [2.05, 4.69) is 27.1 Å². The number of nitrogens with zero attached hydrogens (tertiary/aromatic N) is 2. The SMILES string of the molecule is CC#Cc1cccnc1C(NC(=O)c1ccc(OC)nc1)c1ccc(C(F)(F)F)cc1. The lowest BCUT2D eigenvalue weighted by Crippen LogP contribution is -2.30. The van der Waals surface area contributed by atoms with Gasteiger partial charge in [0.1, 0.15) is 0 Å². The number of pyridine rings is 2. The summed E-state index contributed by atoms with van der Waals surface area (Å²) in [5, 5.41) is 2.83. The largest absolute Gasteiger partial charge is 0.481 e. The van der Waals surface area contributed by atoms with Crippen LogP contribution in [0, 0.1) is 11.8 Å². The highest BCUT2D eigenvalue weighted by Crippen LogP contribution is 2.31. The highest BCUT2D eigenvalue weighted by Gasteiger charge is 2.31. The number of hydrogen-bond acceptors (Lipinski definition) is 4. The fraction of sp³-hybridized carbons (Fsp3) is 0.174. The first-order chi connectivity index (χ1) is 14.8. The second-order valence-electron chi connectivity index (χ2n) is 6.43. The van der Waals surface area contributed by atoms with Crippen LogP contribution >= 0.6 is 0 Å². The van der Waals surface area contributed by atoms with E-state index in [4.69, 9.17) is 4.74 Å². The van der Waals surface area contributed by atoms with E-state index in [0.29, 0.717) is 22.7 Å². The van der Waals surface area contributed by atoms with Crippen LogP contribution in [0.4, 0.5) is 13.2 Å². The molecule has 31 heavy (non-hydrogen) atoms. The molecule has 1 N–H and O–H groups in total. The van der Waals surface area contributed by atoms with Crippen molar-refractivity contribution in [3.8, 4) is 17.7 Å². The third-order valence-electron chi connectivity index (χ3n) is 4.43. The molecule has 1 amide bonds. The van der Waals surface area contributed by atoms with Crippen LogP contribution in [-0.2, 0) is 6.18 Å². The molecule has 2 aromatic heterocycles. The van der Waals surface area contributed by atoms with Crippen LogP contribution in [0.3, 0.4) is 0 Å². The van der Waals surface area contributed by atoms with Gasteiger partial charge in [0, 0.05) is 24.0 Å². The van der Waals surface area contributed by atoms with Crippen LogP contribution in [0.25, 0.3) is 0 Å². The monoisotopic (exact) mass is 425 g/mol. The van der Waals surface area contributed by atoms with Gasteiger partial charge in [-0.1, -0.05) is 18.1 Å². The zero-order valence-corrected chi connectivity index (χ0v) is 16.7. The summed E-state index contributed by atoms with van der Waals surface area (Å²) in [6, 6.07) is 10.3. The van der Waals surface area contributed by atoms with Gasteiger partial charge in [-0.05, 0) is 42.8 Å². The molecular weight excluding hydrogens is 407 g/mol. The van der Waals surface area contributed by atoms with Gasteiger partial charge in [0.2, 0.25) is 5.88 Å². The van der Waals surface area contributed by atoms with Gasteiger partial charge in [0.25, 0.3) is 5.91 Å². The van der Waals surface area contributed by atoms with Crippen LogP contribution in [0.1, 0.15) is 45.7 Å². The third-order valence-corrected chi connectivity index (χ3v) is 4.43. The summed E-state index contributed by atoms with van der Waals surface area (Å²) < 4.78 is 43.9. The predicted molar refractivity (Wildman–Crippen MR) is 108 cm³/mol. The van der Waals surface area contributed by atoms with Gasteiger partial charge in [-0.15, -0.1) is 5.92 Å². The fourth-order valence-corrected chi connectivity index (χ4v) is 2.91. The summed E-state index contributed by atoms with van der Waals surface area (Å²) in [5.41, 5.74) is 0.891. The van der Waals surface area contributed by atoms with Gasteiger partial charge in [0.15, 0.2) is 0 Å². The topological polar surface area (TPSA) is 64.1 Å². The second kappa shape index (κ2) is 9.30. The maximum absolute atomic E-state index is 13.0. The van der Waals surface area contributed by atoms with E-state index >= 15 is 0 Å². The van der Waals surface area contributed by atoms with Crippen molar-refractivity contribution >= 4 is 5.91 Å². The Morgan fingerprint density at radius 3 is 2.42 bits per heavy atom. The maximum Gasteiger partial charge on any atom is 0.416 e. The number of alkyl halides is 3.